The molecule has 1 fully saturated rings. The van der Waals surface area contributed by atoms with E-state index in [1.165, 1.54) is 11.9 Å². The van der Waals surface area contributed by atoms with Crippen molar-refractivity contribution in [3.8, 4) is 10.4 Å². The second-order valence-corrected chi connectivity index (χ2v) is 11.1. The van der Waals surface area contributed by atoms with Gasteiger partial charge >= 0.3 is 6.09 Å². The van der Waals surface area contributed by atoms with Gasteiger partial charge in [0.2, 0.25) is 0 Å². The zero-order chi connectivity index (χ0) is 23.3. The van der Waals surface area contributed by atoms with Gasteiger partial charge in [-0.25, -0.2) is 9.78 Å². The first kappa shape index (κ1) is 24.8. The lowest BCUT2D eigenvalue weighted by Gasteiger charge is -2.28. The van der Waals surface area contributed by atoms with Crippen molar-refractivity contribution in [3.63, 3.8) is 0 Å². The third kappa shape index (κ3) is 6.84. The van der Waals surface area contributed by atoms with E-state index in [0.717, 1.165) is 46.0 Å². The second kappa shape index (κ2) is 10.9. The van der Waals surface area contributed by atoms with Crippen molar-refractivity contribution in [3.05, 3.63) is 29.4 Å². The maximum Gasteiger partial charge on any atom is 0.407 e. The average molecular weight is 479 g/mol. The van der Waals surface area contributed by atoms with E-state index >= 15 is 0 Å². The summed E-state index contributed by atoms with van der Waals surface area (Å²) >= 11 is 3.20. The Bertz CT molecular complexity index is 908. The number of alkyl carbamates (subject to hydrolysis) is 1. The Balaban J connectivity index is 1.65. The number of aliphatic hydroxyl groups excluding tert-OH is 1. The molecule has 1 heterocycles. The smallest absolute Gasteiger partial charge is 0.407 e. The van der Waals surface area contributed by atoms with Crippen molar-refractivity contribution in [2.45, 2.75) is 81.9 Å². The maximum absolute atomic E-state index is 11.9. The lowest BCUT2D eigenvalue weighted by Crippen LogP contribution is -2.38. The lowest BCUT2D eigenvalue weighted by atomic mass is 9.86. The highest BCUT2D eigenvalue weighted by Gasteiger charge is 2.26. The van der Waals surface area contributed by atoms with Crippen LogP contribution in [0.5, 0.6) is 0 Å². The first-order chi connectivity index (χ1) is 15.2. The van der Waals surface area contributed by atoms with Gasteiger partial charge in [0.05, 0.1) is 22.6 Å². The van der Waals surface area contributed by atoms with Crippen LogP contribution in [0.4, 0.5) is 10.5 Å². The molecule has 0 atom stereocenters. The van der Waals surface area contributed by atoms with Crippen molar-refractivity contribution in [1.29, 1.82) is 0 Å². The highest BCUT2D eigenvalue weighted by Crippen LogP contribution is 2.40. The summed E-state index contributed by atoms with van der Waals surface area (Å²) in [5, 5.41) is 13.6. The van der Waals surface area contributed by atoms with Gasteiger partial charge in [-0.1, -0.05) is 6.07 Å². The number of nitrogens with zero attached hydrogens (tertiary/aromatic N) is 1. The lowest BCUT2D eigenvalue weighted by molar-refractivity contribution is 0.109. The van der Waals surface area contributed by atoms with Crippen molar-refractivity contribution in [2.24, 2.45) is 0 Å². The van der Waals surface area contributed by atoms with Gasteiger partial charge in [0.25, 0.3) is 0 Å². The molecule has 1 aromatic carbocycles. The van der Waals surface area contributed by atoms with E-state index in [0.29, 0.717) is 11.6 Å². The minimum atomic E-state index is -0.403. The number of nitrogens with one attached hydrogen (secondary N) is 2. The summed E-state index contributed by atoms with van der Waals surface area (Å²) in [6, 6.07) is 6.05. The van der Waals surface area contributed by atoms with Crippen LogP contribution in [-0.4, -0.2) is 40.5 Å². The van der Waals surface area contributed by atoms with E-state index in [4.69, 9.17) is 15.5 Å². The normalized spacial score (nSPS) is 19.2. The topological polar surface area (TPSA) is 110 Å². The molecule has 0 unspecified atom stereocenters. The fourth-order valence-electron chi connectivity index (χ4n) is 3.55. The van der Waals surface area contributed by atoms with Crippen LogP contribution in [0.1, 0.15) is 64.3 Å². The first-order valence-electron chi connectivity index (χ1n) is 11.0. The summed E-state index contributed by atoms with van der Waals surface area (Å²) in [6.45, 7) is 7.64. The summed E-state index contributed by atoms with van der Waals surface area (Å²) < 4.78 is 8.51. The third-order valence-corrected chi connectivity index (χ3v) is 7.77. The molecule has 1 amide bonds. The van der Waals surface area contributed by atoms with Gasteiger partial charge in [0, 0.05) is 39.8 Å². The molecule has 32 heavy (non-hydrogen) atoms. The Hall–Kier alpha value is -1.81. The number of carbonyl (C=O) groups is 1. The summed E-state index contributed by atoms with van der Waals surface area (Å²) in [6.07, 6.45) is 5.35. The van der Waals surface area contributed by atoms with Crippen LogP contribution in [0, 0.1) is 0 Å². The molecule has 1 aliphatic carbocycles. The molecular formula is C23H34N4O3S2. The monoisotopic (exact) mass is 478 g/mol. The summed E-state index contributed by atoms with van der Waals surface area (Å²) in [5.41, 5.74) is 7.41. The van der Waals surface area contributed by atoms with Gasteiger partial charge in [-0.15, -0.1) is 11.3 Å². The molecule has 9 heteroatoms. The molecule has 0 saturated heterocycles. The number of hydrogen-bond acceptors (Lipinski definition) is 8. The fourth-order valence-corrected chi connectivity index (χ4v) is 5.68. The number of thiazole rings is 1. The number of nitrogens with two attached hydrogens (primary N) is 1. The average Bonchev–Trinajstić information content (AvgIpc) is 3.22. The second-order valence-electron chi connectivity index (χ2n) is 9.21. The number of carbonyl (C=O) groups excluding carboxylic acids is 1. The number of nitrogen functional groups attached to an aromatic ring is 1. The van der Waals surface area contributed by atoms with Crippen LogP contribution < -0.4 is 15.8 Å². The van der Waals surface area contributed by atoms with E-state index in [2.05, 4.69) is 10.0 Å². The molecule has 1 saturated carbocycles. The predicted molar refractivity (Wildman–Crippen MR) is 132 cm³/mol. The predicted octanol–water partition coefficient (Wildman–Crippen LogP) is 4.92. The maximum atomic E-state index is 11.9. The third-order valence-electron chi connectivity index (χ3n) is 5.37. The Labute approximate surface area is 198 Å². The molecule has 176 valence electrons. The molecule has 0 spiro atoms. The molecule has 1 aliphatic rings. The number of ether oxygens (including phenoxy) is 1. The van der Waals surface area contributed by atoms with E-state index < -0.39 is 5.54 Å². The quantitative estimate of drug-likeness (QED) is 0.315. The van der Waals surface area contributed by atoms with E-state index in [1.54, 1.807) is 11.3 Å². The molecule has 2 aromatic rings. The van der Waals surface area contributed by atoms with Gasteiger partial charge in [-0.3, -0.25) is 4.72 Å². The van der Waals surface area contributed by atoms with Crippen molar-refractivity contribution >= 4 is 35.1 Å². The highest BCUT2D eigenvalue weighted by molar-refractivity contribution is 7.97. The van der Waals surface area contributed by atoms with Gasteiger partial charge in [-0.2, -0.15) is 0 Å². The minimum absolute atomic E-state index is 0.0368. The fraction of sp³-hybridized carbons (Fsp3) is 0.565. The highest BCUT2D eigenvalue weighted by atomic mass is 32.2. The molecular weight excluding hydrogens is 444 g/mol. The standard InChI is InChI=1S/C23H34N4O3S2/c1-14(2)30-22(29)26-17-8-5-15(6-9-17)21-25-12-20(31-21)18-10-7-16(24)11-19(18)32-27-23(3,4)13-28/h7,10-12,14-15,17,27-28H,5-6,8-9,13,24H2,1-4H3,(H,26,29). The first-order valence-corrected chi connectivity index (χ1v) is 12.7. The van der Waals surface area contributed by atoms with Crippen molar-refractivity contribution in [2.75, 3.05) is 12.3 Å². The van der Waals surface area contributed by atoms with Crippen LogP contribution in [0.15, 0.2) is 29.3 Å². The van der Waals surface area contributed by atoms with Gasteiger partial charge in [0.1, 0.15) is 0 Å². The number of aliphatic hydroxyl groups is 1. The Morgan fingerprint density at radius 2 is 2.06 bits per heavy atom. The van der Waals surface area contributed by atoms with Gasteiger partial charge in [0.15, 0.2) is 0 Å². The SMILES string of the molecule is CC(C)OC(=O)NC1CCC(c2ncc(-c3ccc(N)cc3SNC(C)(C)CO)s2)CC1. The largest absolute Gasteiger partial charge is 0.447 e. The minimum Gasteiger partial charge on any atom is -0.447 e. The van der Waals surface area contributed by atoms with Crippen LogP contribution in [0.3, 0.4) is 0 Å². The van der Waals surface area contributed by atoms with Crippen molar-refractivity contribution < 1.29 is 14.6 Å². The molecule has 1 aromatic heterocycles. The van der Waals surface area contributed by atoms with E-state index in [1.807, 2.05) is 52.1 Å². The van der Waals surface area contributed by atoms with Crippen LogP contribution in [-0.2, 0) is 4.74 Å². The van der Waals surface area contributed by atoms with Crippen LogP contribution >= 0.6 is 23.3 Å². The van der Waals surface area contributed by atoms with E-state index in [-0.39, 0.29) is 24.8 Å². The number of hydrogen-bond donors (Lipinski definition) is 4. The van der Waals surface area contributed by atoms with Crippen molar-refractivity contribution in [1.82, 2.24) is 15.0 Å². The van der Waals surface area contributed by atoms with Crippen LogP contribution in [0.25, 0.3) is 10.4 Å². The summed E-state index contributed by atoms with van der Waals surface area (Å²) in [4.78, 5) is 18.7. The number of amides is 1. The number of rotatable bonds is 8. The Morgan fingerprint density at radius 3 is 2.72 bits per heavy atom. The molecule has 0 aliphatic heterocycles. The molecule has 0 radical (unpaired) electrons. The number of benzene rings is 1. The Kier molecular flexibility index (Phi) is 8.43. The summed E-state index contributed by atoms with van der Waals surface area (Å²) in [7, 11) is 0. The summed E-state index contributed by atoms with van der Waals surface area (Å²) in [5.74, 6) is 0.407. The van der Waals surface area contributed by atoms with Crippen LogP contribution in [0.2, 0.25) is 0 Å². The van der Waals surface area contributed by atoms with Gasteiger partial charge < -0.3 is 20.9 Å². The zero-order valence-corrected chi connectivity index (χ0v) is 20.8. The number of anilines is 1. The number of aromatic nitrogens is 1. The van der Waals surface area contributed by atoms with E-state index in [9.17, 15) is 9.90 Å². The molecule has 5 N–H and O–H groups in total. The zero-order valence-electron chi connectivity index (χ0n) is 19.2. The molecule has 7 nitrogen and oxygen atoms in total. The molecule has 3 rings (SSSR count). The molecule has 0 bridgehead atoms. The Morgan fingerprint density at radius 1 is 1.34 bits per heavy atom. The van der Waals surface area contributed by atoms with Gasteiger partial charge in [-0.05, 0) is 77.5 Å².